The van der Waals surface area contributed by atoms with Gasteiger partial charge in [-0.2, -0.15) is 0 Å². The fraction of sp³-hybridized carbons (Fsp3) is 0.769. The van der Waals surface area contributed by atoms with Crippen LogP contribution < -0.4 is 0 Å². The Kier molecular flexibility index (Phi) is 4.07. The lowest BCUT2D eigenvalue weighted by atomic mass is 9.96. The van der Waals surface area contributed by atoms with Crippen molar-refractivity contribution in [2.24, 2.45) is 11.8 Å². The van der Waals surface area contributed by atoms with Gasteiger partial charge in [0.15, 0.2) is 0 Å². The highest BCUT2D eigenvalue weighted by Gasteiger charge is 2.37. The standard InChI is InChI=1S/C13H20N2O4/c1-14(8-11(16)17)12(18)10-3-2-6-15(7-10)13(19)9-4-5-9/h9-10H,2-8H2,1H3,(H,16,17). The number of hydrogen-bond acceptors (Lipinski definition) is 3. The van der Waals surface area contributed by atoms with Crippen molar-refractivity contribution in [3.05, 3.63) is 0 Å². The molecule has 1 saturated heterocycles. The quantitative estimate of drug-likeness (QED) is 0.789. The molecule has 1 aliphatic carbocycles. The molecule has 1 atom stereocenters. The van der Waals surface area contributed by atoms with Crippen molar-refractivity contribution in [2.45, 2.75) is 25.7 Å². The molecule has 6 heteroatoms. The number of aliphatic carboxylic acids is 1. The first-order chi connectivity index (χ1) is 8.99. The summed E-state index contributed by atoms with van der Waals surface area (Å²) < 4.78 is 0. The van der Waals surface area contributed by atoms with E-state index in [2.05, 4.69) is 0 Å². The average Bonchev–Trinajstić information content (AvgIpc) is 3.20. The van der Waals surface area contributed by atoms with E-state index in [0.29, 0.717) is 6.54 Å². The third-order valence-corrected chi connectivity index (χ3v) is 3.76. The number of hydrogen-bond donors (Lipinski definition) is 1. The molecule has 0 radical (unpaired) electrons. The van der Waals surface area contributed by atoms with Crippen LogP contribution in [0.25, 0.3) is 0 Å². The molecule has 1 saturated carbocycles. The molecule has 0 aromatic carbocycles. The van der Waals surface area contributed by atoms with Gasteiger partial charge in [0.1, 0.15) is 6.54 Å². The number of carbonyl (C=O) groups is 3. The van der Waals surface area contributed by atoms with Gasteiger partial charge in [0.2, 0.25) is 11.8 Å². The predicted octanol–water partition coefficient (Wildman–Crippen LogP) is 0.178. The fourth-order valence-corrected chi connectivity index (χ4v) is 2.56. The summed E-state index contributed by atoms with van der Waals surface area (Å²) in [5.74, 6) is -1.10. The van der Waals surface area contributed by atoms with Gasteiger partial charge in [-0.1, -0.05) is 0 Å². The molecule has 0 bridgehead atoms. The summed E-state index contributed by atoms with van der Waals surface area (Å²) in [6, 6.07) is 0. The van der Waals surface area contributed by atoms with E-state index >= 15 is 0 Å². The molecule has 2 amide bonds. The van der Waals surface area contributed by atoms with Crippen LogP contribution in [0.1, 0.15) is 25.7 Å². The minimum atomic E-state index is -1.02. The zero-order valence-electron chi connectivity index (χ0n) is 11.2. The molecule has 2 fully saturated rings. The summed E-state index contributed by atoms with van der Waals surface area (Å²) in [5.41, 5.74) is 0. The molecular formula is C13H20N2O4. The fourth-order valence-electron chi connectivity index (χ4n) is 2.56. The highest BCUT2D eigenvalue weighted by Crippen LogP contribution is 2.32. The van der Waals surface area contributed by atoms with E-state index in [1.807, 2.05) is 0 Å². The molecule has 19 heavy (non-hydrogen) atoms. The highest BCUT2D eigenvalue weighted by molar-refractivity contribution is 5.85. The van der Waals surface area contributed by atoms with Gasteiger partial charge in [-0.15, -0.1) is 0 Å². The maximum absolute atomic E-state index is 12.1. The van der Waals surface area contributed by atoms with E-state index in [1.54, 1.807) is 4.90 Å². The lowest BCUT2D eigenvalue weighted by Crippen LogP contribution is -2.47. The number of rotatable bonds is 4. The number of amides is 2. The van der Waals surface area contributed by atoms with Crippen molar-refractivity contribution in [3.8, 4) is 0 Å². The molecule has 1 N–H and O–H groups in total. The smallest absolute Gasteiger partial charge is 0.323 e. The molecule has 6 nitrogen and oxygen atoms in total. The first kappa shape index (κ1) is 13.8. The van der Waals surface area contributed by atoms with E-state index in [-0.39, 0.29) is 30.2 Å². The summed E-state index contributed by atoms with van der Waals surface area (Å²) in [6.45, 7) is 0.881. The van der Waals surface area contributed by atoms with E-state index in [4.69, 9.17) is 5.11 Å². The Hall–Kier alpha value is -1.59. The molecule has 2 aliphatic rings. The number of carbonyl (C=O) groups excluding carboxylic acids is 2. The Balaban J connectivity index is 1.90. The first-order valence-corrected chi connectivity index (χ1v) is 6.74. The van der Waals surface area contributed by atoms with E-state index < -0.39 is 5.97 Å². The van der Waals surface area contributed by atoms with Crippen molar-refractivity contribution in [2.75, 3.05) is 26.7 Å². The molecule has 2 rings (SSSR count). The van der Waals surface area contributed by atoms with Crippen LogP contribution in [0.3, 0.4) is 0 Å². The lowest BCUT2D eigenvalue weighted by molar-refractivity contribution is -0.147. The van der Waals surface area contributed by atoms with Crippen molar-refractivity contribution < 1.29 is 19.5 Å². The van der Waals surface area contributed by atoms with E-state index in [9.17, 15) is 14.4 Å². The van der Waals surface area contributed by atoms with Gasteiger partial charge < -0.3 is 14.9 Å². The van der Waals surface area contributed by atoms with Gasteiger partial charge in [0.05, 0.1) is 5.92 Å². The van der Waals surface area contributed by atoms with E-state index in [0.717, 1.165) is 32.2 Å². The van der Waals surface area contributed by atoms with Crippen LogP contribution in [-0.4, -0.2) is 59.4 Å². The molecule has 0 aromatic rings. The molecule has 0 aromatic heterocycles. The van der Waals surface area contributed by atoms with Crippen LogP contribution in [0, 0.1) is 11.8 Å². The summed E-state index contributed by atoms with van der Waals surface area (Å²) in [4.78, 5) is 37.7. The van der Waals surface area contributed by atoms with Crippen LogP contribution in [-0.2, 0) is 14.4 Å². The van der Waals surface area contributed by atoms with Crippen LogP contribution in [0.5, 0.6) is 0 Å². The normalized spacial score (nSPS) is 23.0. The minimum absolute atomic E-state index is 0.165. The Labute approximate surface area is 112 Å². The third kappa shape index (κ3) is 3.45. The van der Waals surface area contributed by atoms with Crippen molar-refractivity contribution in [1.29, 1.82) is 0 Å². The van der Waals surface area contributed by atoms with Gasteiger partial charge >= 0.3 is 5.97 Å². The van der Waals surface area contributed by atoms with Crippen LogP contribution >= 0.6 is 0 Å². The number of nitrogens with zero attached hydrogens (tertiary/aromatic N) is 2. The monoisotopic (exact) mass is 268 g/mol. The Morgan fingerprint density at radius 3 is 2.47 bits per heavy atom. The summed E-state index contributed by atoms with van der Waals surface area (Å²) in [5, 5.41) is 8.69. The second-order valence-corrected chi connectivity index (χ2v) is 5.49. The number of carboxylic acid groups (broad SMARTS) is 1. The summed E-state index contributed by atoms with van der Waals surface area (Å²) in [6.07, 6.45) is 3.48. The molecular weight excluding hydrogens is 248 g/mol. The van der Waals surface area contributed by atoms with Crippen LogP contribution in [0.4, 0.5) is 0 Å². The van der Waals surface area contributed by atoms with Crippen LogP contribution in [0.15, 0.2) is 0 Å². The van der Waals surface area contributed by atoms with Gasteiger partial charge in [-0.3, -0.25) is 14.4 Å². The largest absolute Gasteiger partial charge is 0.480 e. The Morgan fingerprint density at radius 2 is 1.89 bits per heavy atom. The third-order valence-electron chi connectivity index (χ3n) is 3.76. The summed E-state index contributed by atoms with van der Waals surface area (Å²) in [7, 11) is 1.50. The number of piperidine rings is 1. The number of carboxylic acids is 1. The van der Waals surface area contributed by atoms with Gasteiger partial charge in [0.25, 0.3) is 0 Å². The Morgan fingerprint density at radius 1 is 1.21 bits per heavy atom. The number of likely N-dealkylation sites (N-methyl/N-ethyl adjacent to an activating group) is 1. The minimum Gasteiger partial charge on any atom is -0.480 e. The molecule has 0 spiro atoms. The van der Waals surface area contributed by atoms with Crippen molar-refractivity contribution in [3.63, 3.8) is 0 Å². The topological polar surface area (TPSA) is 77.9 Å². The SMILES string of the molecule is CN(CC(=O)O)C(=O)C1CCCN(C(=O)C2CC2)C1. The second-order valence-electron chi connectivity index (χ2n) is 5.49. The zero-order chi connectivity index (χ0) is 14.0. The molecule has 1 heterocycles. The van der Waals surface area contributed by atoms with Crippen molar-refractivity contribution in [1.82, 2.24) is 9.80 Å². The zero-order valence-corrected chi connectivity index (χ0v) is 11.2. The van der Waals surface area contributed by atoms with Gasteiger partial charge in [-0.05, 0) is 25.7 Å². The van der Waals surface area contributed by atoms with Gasteiger partial charge in [-0.25, -0.2) is 0 Å². The maximum Gasteiger partial charge on any atom is 0.323 e. The Bertz CT molecular complexity index is 392. The predicted molar refractivity (Wildman–Crippen MR) is 67.3 cm³/mol. The van der Waals surface area contributed by atoms with Crippen LogP contribution in [0.2, 0.25) is 0 Å². The van der Waals surface area contributed by atoms with Gasteiger partial charge in [0, 0.05) is 26.1 Å². The molecule has 1 unspecified atom stereocenters. The second kappa shape index (κ2) is 5.59. The molecule has 1 aliphatic heterocycles. The average molecular weight is 268 g/mol. The first-order valence-electron chi connectivity index (χ1n) is 6.74. The number of likely N-dealkylation sites (tertiary alicyclic amines) is 1. The van der Waals surface area contributed by atoms with E-state index in [1.165, 1.54) is 11.9 Å². The summed E-state index contributed by atoms with van der Waals surface area (Å²) >= 11 is 0. The maximum atomic E-state index is 12.1. The lowest BCUT2D eigenvalue weighted by Gasteiger charge is -2.33. The highest BCUT2D eigenvalue weighted by atomic mass is 16.4. The molecule has 106 valence electrons. The van der Waals surface area contributed by atoms with Crippen molar-refractivity contribution >= 4 is 17.8 Å².